The number of nitrogens with one attached hydrogen (secondary N) is 1. The third-order valence-corrected chi connectivity index (χ3v) is 4.39. The van der Waals surface area contributed by atoms with Gasteiger partial charge in [-0.15, -0.1) is 0 Å². The van der Waals surface area contributed by atoms with Crippen molar-refractivity contribution in [3.63, 3.8) is 0 Å². The largest absolute Gasteiger partial charge is 0.395 e. The van der Waals surface area contributed by atoms with Crippen molar-refractivity contribution in [3.8, 4) is 0 Å². The number of aliphatic hydroxyl groups is 1. The minimum atomic E-state index is -0.131. The zero-order valence-electron chi connectivity index (χ0n) is 13.1. The Morgan fingerprint density at radius 3 is 3.04 bits per heavy atom. The summed E-state index contributed by atoms with van der Waals surface area (Å²) in [5.74, 6) is -0.131. The van der Waals surface area contributed by atoms with Crippen LogP contribution < -0.4 is 5.32 Å². The molecule has 1 aromatic carbocycles. The van der Waals surface area contributed by atoms with Gasteiger partial charge in [-0.3, -0.25) is 19.7 Å². The number of amides is 1. The molecule has 1 saturated heterocycles. The third-order valence-electron chi connectivity index (χ3n) is 4.39. The van der Waals surface area contributed by atoms with E-state index in [9.17, 15) is 9.90 Å². The first-order chi connectivity index (χ1) is 11.3. The molecule has 1 aliphatic heterocycles. The summed E-state index contributed by atoms with van der Waals surface area (Å²) in [6.45, 7) is 2.49. The molecule has 6 nitrogen and oxygen atoms in total. The second-order valence-electron chi connectivity index (χ2n) is 5.85. The van der Waals surface area contributed by atoms with E-state index in [4.69, 9.17) is 0 Å². The van der Waals surface area contributed by atoms with Gasteiger partial charge in [0.25, 0.3) is 5.91 Å². The number of aliphatic hydroxyl groups excluding tert-OH is 1. The molecule has 2 aromatic rings. The van der Waals surface area contributed by atoms with Gasteiger partial charge in [0.2, 0.25) is 0 Å². The van der Waals surface area contributed by atoms with E-state index in [1.165, 1.54) is 6.42 Å². The smallest absolute Gasteiger partial charge is 0.253 e. The van der Waals surface area contributed by atoms with Crippen LogP contribution in [0.25, 0.3) is 11.0 Å². The van der Waals surface area contributed by atoms with E-state index in [0.717, 1.165) is 31.4 Å². The maximum absolute atomic E-state index is 12.4. The summed E-state index contributed by atoms with van der Waals surface area (Å²) in [5.41, 5.74) is 1.89. The van der Waals surface area contributed by atoms with Crippen LogP contribution in [0.5, 0.6) is 0 Å². The fraction of sp³-hybridized carbons (Fsp3) is 0.471. The zero-order chi connectivity index (χ0) is 16.1. The third kappa shape index (κ3) is 3.65. The first-order valence-electron chi connectivity index (χ1n) is 8.12. The summed E-state index contributed by atoms with van der Waals surface area (Å²) in [7, 11) is 0. The van der Waals surface area contributed by atoms with Crippen LogP contribution in [-0.4, -0.2) is 58.2 Å². The van der Waals surface area contributed by atoms with Gasteiger partial charge in [-0.2, -0.15) is 0 Å². The molecule has 3 rings (SSSR count). The van der Waals surface area contributed by atoms with Crippen LogP contribution in [0, 0.1) is 0 Å². The molecule has 122 valence electrons. The van der Waals surface area contributed by atoms with E-state index in [0.29, 0.717) is 17.6 Å². The fourth-order valence-corrected chi connectivity index (χ4v) is 3.15. The maximum atomic E-state index is 12.4. The predicted molar refractivity (Wildman–Crippen MR) is 88.2 cm³/mol. The Labute approximate surface area is 135 Å². The van der Waals surface area contributed by atoms with Gasteiger partial charge < -0.3 is 10.4 Å². The number of fused-ring (bicyclic) bond motifs is 1. The Balaban J connectivity index is 1.60. The van der Waals surface area contributed by atoms with Gasteiger partial charge in [-0.1, -0.05) is 12.5 Å². The van der Waals surface area contributed by atoms with E-state index in [1.54, 1.807) is 18.5 Å². The number of aromatic nitrogens is 2. The summed E-state index contributed by atoms with van der Waals surface area (Å²) in [6, 6.07) is 5.66. The number of carbonyl (C=O) groups excluding carboxylic acids is 1. The molecule has 0 spiro atoms. The van der Waals surface area contributed by atoms with Gasteiger partial charge >= 0.3 is 0 Å². The molecule has 1 atom stereocenters. The van der Waals surface area contributed by atoms with Crippen LogP contribution in [0.3, 0.4) is 0 Å². The molecular weight excluding hydrogens is 292 g/mol. The lowest BCUT2D eigenvalue weighted by Crippen LogP contribution is -2.45. The number of benzene rings is 1. The molecule has 0 saturated carbocycles. The molecule has 1 aromatic heterocycles. The first kappa shape index (κ1) is 15.8. The Morgan fingerprint density at radius 2 is 2.17 bits per heavy atom. The summed E-state index contributed by atoms with van der Waals surface area (Å²) in [6.07, 6.45) is 6.57. The molecule has 2 heterocycles. The molecule has 1 unspecified atom stereocenters. The summed E-state index contributed by atoms with van der Waals surface area (Å²) >= 11 is 0. The summed E-state index contributed by atoms with van der Waals surface area (Å²) in [5, 5.41) is 12.4. The van der Waals surface area contributed by atoms with Gasteiger partial charge in [0.05, 0.1) is 17.7 Å². The lowest BCUT2D eigenvalue weighted by molar-refractivity contribution is 0.0850. The number of para-hydroxylation sites is 1. The van der Waals surface area contributed by atoms with Gasteiger partial charge in [0.1, 0.15) is 5.52 Å². The van der Waals surface area contributed by atoms with E-state index < -0.39 is 0 Å². The molecule has 2 N–H and O–H groups in total. The van der Waals surface area contributed by atoms with Crippen molar-refractivity contribution in [2.45, 2.75) is 25.3 Å². The van der Waals surface area contributed by atoms with E-state index in [-0.39, 0.29) is 18.6 Å². The van der Waals surface area contributed by atoms with Gasteiger partial charge in [-0.25, -0.2) is 0 Å². The Morgan fingerprint density at radius 1 is 1.30 bits per heavy atom. The van der Waals surface area contributed by atoms with Gasteiger partial charge in [-0.05, 0) is 31.5 Å². The first-order valence-corrected chi connectivity index (χ1v) is 8.12. The number of piperidine rings is 1. The number of hydrogen-bond acceptors (Lipinski definition) is 5. The lowest BCUT2D eigenvalue weighted by atomic mass is 10.0. The summed E-state index contributed by atoms with van der Waals surface area (Å²) in [4.78, 5) is 23.1. The van der Waals surface area contributed by atoms with Crippen LogP contribution in [0.1, 0.15) is 29.6 Å². The van der Waals surface area contributed by atoms with Crippen LogP contribution >= 0.6 is 0 Å². The quantitative estimate of drug-likeness (QED) is 0.867. The molecule has 23 heavy (non-hydrogen) atoms. The van der Waals surface area contributed by atoms with Crippen LogP contribution in [0.4, 0.5) is 0 Å². The van der Waals surface area contributed by atoms with Crippen molar-refractivity contribution >= 4 is 16.9 Å². The molecule has 1 amide bonds. The minimum absolute atomic E-state index is 0.131. The molecule has 6 heteroatoms. The highest BCUT2D eigenvalue weighted by atomic mass is 16.3. The number of rotatable bonds is 5. The number of carbonyl (C=O) groups is 1. The topological polar surface area (TPSA) is 78.4 Å². The average Bonchev–Trinajstić information content (AvgIpc) is 2.61. The second kappa shape index (κ2) is 7.48. The Bertz CT molecular complexity index is 671. The number of hydrogen-bond donors (Lipinski definition) is 2. The van der Waals surface area contributed by atoms with Crippen molar-refractivity contribution in [2.75, 3.05) is 26.2 Å². The lowest BCUT2D eigenvalue weighted by Gasteiger charge is -2.34. The van der Waals surface area contributed by atoms with Crippen molar-refractivity contribution in [1.82, 2.24) is 20.2 Å². The second-order valence-corrected chi connectivity index (χ2v) is 5.85. The SMILES string of the molecule is O=C(NCCN1CCCCC1CO)c1cccc2nccnc12. The molecular formula is C17H22N4O2. The van der Waals surface area contributed by atoms with E-state index in [1.807, 2.05) is 12.1 Å². The summed E-state index contributed by atoms with van der Waals surface area (Å²) < 4.78 is 0. The molecule has 1 fully saturated rings. The van der Waals surface area contributed by atoms with E-state index in [2.05, 4.69) is 20.2 Å². The molecule has 0 bridgehead atoms. The standard InChI is InChI=1S/C17H22N4O2/c22-12-13-4-1-2-10-21(13)11-9-20-17(23)14-5-3-6-15-16(14)19-8-7-18-15/h3,5-8,13,22H,1-2,4,9-12H2,(H,20,23). The number of likely N-dealkylation sites (tertiary alicyclic amines) is 1. The van der Waals surface area contributed by atoms with Crippen LogP contribution in [0.2, 0.25) is 0 Å². The molecule has 0 aliphatic carbocycles. The molecule has 0 radical (unpaired) electrons. The monoisotopic (exact) mass is 314 g/mol. The Kier molecular flexibility index (Phi) is 5.15. The van der Waals surface area contributed by atoms with Crippen LogP contribution in [0.15, 0.2) is 30.6 Å². The van der Waals surface area contributed by atoms with Gasteiger partial charge in [0, 0.05) is 31.5 Å². The average molecular weight is 314 g/mol. The van der Waals surface area contributed by atoms with Crippen molar-refractivity contribution in [1.29, 1.82) is 0 Å². The highest BCUT2D eigenvalue weighted by Crippen LogP contribution is 2.16. The van der Waals surface area contributed by atoms with Crippen molar-refractivity contribution < 1.29 is 9.90 Å². The van der Waals surface area contributed by atoms with E-state index >= 15 is 0 Å². The van der Waals surface area contributed by atoms with Crippen molar-refractivity contribution in [2.24, 2.45) is 0 Å². The Hall–Kier alpha value is -2.05. The maximum Gasteiger partial charge on any atom is 0.253 e. The van der Waals surface area contributed by atoms with Gasteiger partial charge in [0.15, 0.2) is 0 Å². The number of nitrogens with zero attached hydrogens (tertiary/aromatic N) is 3. The fourth-order valence-electron chi connectivity index (χ4n) is 3.15. The van der Waals surface area contributed by atoms with Crippen molar-refractivity contribution in [3.05, 3.63) is 36.2 Å². The normalized spacial score (nSPS) is 18.9. The highest BCUT2D eigenvalue weighted by Gasteiger charge is 2.21. The minimum Gasteiger partial charge on any atom is -0.395 e. The zero-order valence-corrected chi connectivity index (χ0v) is 13.1. The molecule has 1 aliphatic rings. The van der Waals surface area contributed by atoms with Crippen LogP contribution in [-0.2, 0) is 0 Å². The predicted octanol–water partition coefficient (Wildman–Crippen LogP) is 1.21. The highest BCUT2D eigenvalue weighted by molar-refractivity contribution is 6.04.